The van der Waals surface area contributed by atoms with Crippen LogP contribution in [0.2, 0.25) is 0 Å². The van der Waals surface area contributed by atoms with Gasteiger partial charge in [-0.05, 0) is 37.9 Å². The molecule has 100 valence electrons. The molecule has 0 unspecified atom stereocenters. The van der Waals surface area contributed by atoms with Gasteiger partial charge in [-0.3, -0.25) is 4.90 Å². The average Bonchev–Trinajstić information content (AvgIpc) is 2.39. The van der Waals surface area contributed by atoms with Crippen LogP contribution in [0, 0.1) is 0 Å². The number of pyridine rings is 1. The monoisotopic (exact) mass is 248 g/mol. The second kappa shape index (κ2) is 6.16. The van der Waals surface area contributed by atoms with Gasteiger partial charge in [0.1, 0.15) is 5.82 Å². The molecular formula is C14H24N4. The summed E-state index contributed by atoms with van der Waals surface area (Å²) in [6, 6.07) is 4.62. The minimum Gasteiger partial charge on any atom is -0.360 e. The third-order valence-electron chi connectivity index (χ3n) is 3.62. The van der Waals surface area contributed by atoms with E-state index in [0.29, 0.717) is 6.04 Å². The molecule has 1 saturated heterocycles. The van der Waals surface area contributed by atoms with Crippen LogP contribution in [0.5, 0.6) is 0 Å². The van der Waals surface area contributed by atoms with E-state index < -0.39 is 0 Å². The van der Waals surface area contributed by atoms with Gasteiger partial charge in [0.05, 0.1) is 0 Å². The van der Waals surface area contributed by atoms with Crippen molar-refractivity contribution in [1.82, 2.24) is 9.88 Å². The minimum atomic E-state index is 0.345. The summed E-state index contributed by atoms with van der Waals surface area (Å²) in [6.45, 7) is 6.25. The molecule has 2 heterocycles. The number of piperidine rings is 1. The number of hydrogen-bond acceptors (Lipinski definition) is 4. The smallest absolute Gasteiger partial charge is 0.128 e. The fourth-order valence-electron chi connectivity index (χ4n) is 2.39. The third kappa shape index (κ3) is 3.43. The van der Waals surface area contributed by atoms with Crippen LogP contribution in [0.3, 0.4) is 0 Å². The van der Waals surface area contributed by atoms with Gasteiger partial charge in [-0.1, -0.05) is 6.07 Å². The molecule has 0 radical (unpaired) electrons. The van der Waals surface area contributed by atoms with E-state index in [4.69, 9.17) is 5.73 Å². The Hall–Kier alpha value is -1.13. The van der Waals surface area contributed by atoms with E-state index >= 15 is 0 Å². The number of aromatic nitrogens is 1. The number of anilines is 1. The van der Waals surface area contributed by atoms with Gasteiger partial charge < -0.3 is 10.6 Å². The van der Waals surface area contributed by atoms with Crippen LogP contribution in [-0.4, -0.2) is 42.6 Å². The lowest BCUT2D eigenvalue weighted by Gasteiger charge is -2.30. The van der Waals surface area contributed by atoms with Gasteiger partial charge in [0.15, 0.2) is 0 Å². The predicted octanol–water partition coefficient (Wildman–Crippen LogP) is 1.46. The summed E-state index contributed by atoms with van der Waals surface area (Å²) < 4.78 is 0. The van der Waals surface area contributed by atoms with Crippen LogP contribution in [0.1, 0.15) is 25.3 Å². The standard InChI is InChI=1S/C14H24N4/c1-3-17(2)14-7-6-12(9-16-14)10-18-8-4-5-13(15)11-18/h6-7,9,13H,3-5,8,10-11,15H2,1-2H3/t13-/m1/s1. The van der Waals surface area contributed by atoms with Crippen molar-refractivity contribution in [2.45, 2.75) is 32.4 Å². The zero-order valence-corrected chi connectivity index (χ0v) is 11.5. The Bertz CT molecular complexity index is 363. The van der Waals surface area contributed by atoms with Crippen molar-refractivity contribution in [2.75, 3.05) is 31.6 Å². The maximum absolute atomic E-state index is 6.00. The summed E-state index contributed by atoms with van der Waals surface area (Å²) in [4.78, 5) is 9.07. The Kier molecular flexibility index (Phi) is 4.55. The van der Waals surface area contributed by atoms with Crippen molar-refractivity contribution < 1.29 is 0 Å². The van der Waals surface area contributed by atoms with Gasteiger partial charge in [-0.2, -0.15) is 0 Å². The molecule has 0 aromatic carbocycles. The highest BCUT2D eigenvalue weighted by molar-refractivity contribution is 5.37. The zero-order valence-electron chi connectivity index (χ0n) is 11.5. The molecule has 1 aliphatic heterocycles. The lowest BCUT2D eigenvalue weighted by molar-refractivity contribution is 0.201. The maximum atomic E-state index is 6.00. The number of rotatable bonds is 4. The zero-order chi connectivity index (χ0) is 13.0. The number of nitrogens with two attached hydrogens (primary N) is 1. The number of nitrogens with zero attached hydrogens (tertiary/aromatic N) is 3. The van der Waals surface area contributed by atoms with Crippen LogP contribution in [0.15, 0.2) is 18.3 Å². The van der Waals surface area contributed by atoms with Gasteiger partial charge >= 0.3 is 0 Å². The normalized spacial score (nSPS) is 20.9. The van der Waals surface area contributed by atoms with E-state index in [1.165, 1.54) is 12.0 Å². The molecule has 2 rings (SSSR count). The van der Waals surface area contributed by atoms with Crippen LogP contribution >= 0.6 is 0 Å². The molecule has 1 aromatic heterocycles. The Morgan fingerprint density at radius 3 is 2.94 bits per heavy atom. The van der Waals surface area contributed by atoms with E-state index in [1.807, 2.05) is 6.20 Å². The highest BCUT2D eigenvalue weighted by atomic mass is 15.2. The molecule has 2 N–H and O–H groups in total. The molecule has 0 saturated carbocycles. The van der Waals surface area contributed by atoms with Gasteiger partial charge in [-0.25, -0.2) is 4.98 Å². The van der Waals surface area contributed by atoms with E-state index in [0.717, 1.165) is 38.4 Å². The molecule has 0 spiro atoms. The first kappa shape index (κ1) is 13.3. The lowest BCUT2D eigenvalue weighted by atomic mass is 10.1. The highest BCUT2D eigenvalue weighted by Crippen LogP contribution is 2.14. The van der Waals surface area contributed by atoms with Crippen molar-refractivity contribution in [3.63, 3.8) is 0 Å². The molecule has 0 amide bonds. The Morgan fingerprint density at radius 2 is 2.33 bits per heavy atom. The van der Waals surface area contributed by atoms with E-state index in [2.05, 4.69) is 40.9 Å². The topological polar surface area (TPSA) is 45.4 Å². The summed E-state index contributed by atoms with van der Waals surface area (Å²) in [5.74, 6) is 1.04. The van der Waals surface area contributed by atoms with Crippen molar-refractivity contribution >= 4 is 5.82 Å². The lowest BCUT2D eigenvalue weighted by Crippen LogP contribution is -2.42. The molecule has 1 fully saturated rings. The van der Waals surface area contributed by atoms with Crippen LogP contribution in [0.25, 0.3) is 0 Å². The Balaban J connectivity index is 1.93. The molecule has 18 heavy (non-hydrogen) atoms. The molecule has 1 atom stereocenters. The molecule has 4 nitrogen and oxygen atoms in total. The molecule has 1 aromatic rings. The first-order valence-corrected chi connectivity index (χ1v) is 6.83. The van der Waals surface area contributed by atoms with Crippen molar-refractivity contribution in [3.05, 3.63) is 23.9 Å². The first-order chi connectivity index (χ1) is 8.69. The predicted molar refractivity (Wildman–Crippen MR) is 75.7 cm³/mol. The van der Waals surface area contributed by atoms with E-state index in [9.17, 15) is 0 Å². The van der Waals surface area contributed by atoms with Crippen molar-refractivity contribution in [3.8, 4) is 0 Å². The second-order valence-electron chi connectivity index (χ2n) is 5.18. The van der Waals surface area contributed by atoms with Gasteiger partial charge in [-0.15, -0.1) is 0 Å². The number of likely N-dealkylation sites (tertiary alicyclic amines) is 1. The average molecular weight is 248 g/mol. The highest BCUT2D eigenvalue weighted by Gasteiger charge is 2.16. The summed E-state index contributed by atoms with van der Waals surface area (Å²) >= 11 is 0. The third-order valence-corrected chi connectivity index (χ3v) is 3.62. The van der Waals surface area contributed by atoms with Gasteiger partial charge in [0.25, 0.3) is 0 Å². The molecule has 0 aliphatic carbocycles. The van der Waals surface area contributed by atoms with Crippen LogP contribution in [-0.2, 0) is 6.54 Å². The van der Waals surface area contributed by atoms with Crippen molar-refractivity contribution in [1.29, 1.82) is 0 Å². The Morgan fingerprint density at radius 1 is 1.50 bits per heavy atom. The van der Waals surface area contributed by atoms with E-state index in [-0.39, 0.29) is 0 Å². The Labute approximate surface area is 110 Å². The molecule has 0 bridgehead atoms. The van der Waals surface area contributed by atoms with E-state index in [1.54, 1.807) is 0 Å². The second-order valence-corrected chi connectivity index (χ2v) is 5.18. The fraction of sp³-hybridized carbons (Fsp3) is 0.643. The number of hydrogen-bond donors (Lipinski definition) is 1. The largest absolute Gasteiger partial charge is 0.360 e. The summed E-state index contributed by atoms with van der Waals surface area (Å²) in [5.41, 5.74) is 7.27. The summed E-state index contributed by atoms with van der Waals surface area (Å²) in [7, 11) is 2.06. The van der Waals surface area contributed by atoms with Crippen LogP contribution in [0.4, 0.5) is 5.82 Å². The fourth-order valence-corrected chi connectivity index (χ4v) is 2.39. The summed E-state index contributed by atoms with van der Waals surface area (Å²) in [6.07, 6.45) is 4.36. The molecular weight excluding hydrogens is 224 g/mol. The maximum Gasteiger partial charge on any atom is 0.128 e. The molecule has 1 aliphatic rings. The van der Waals surface area contributed by atoms with Crippen LogP contribution < -0.4 is 10.6 Å². The van der Waals surface area contributed by atoms with Crippen molar-refractivity contribution in [2.24, 2.45) is 5.73 Å². The first-order valence-electron chi connectivity index (χ1n) is 6.83. The molecule has 4 heteroatoms. The quantitative estimate of drug-likeness (QED) is 0.876. The summed E-state index contributed by atoms with van der Waals surface area (Å²) in [5, 5.41) is 0. The minimum absolute atomic E-state index is 0.345. The van der Waals surface area contributed by atoms with Gasteiger partial charge in [0, 0.05) is 38.9 Å². The van der Waals surface area contributed by atoms with Gasteiger partial charge in [0.2, 0.25) is 0 Å². The SMILES string of the molecule is CCN(C)c1ccc(CN2CCC[C@@H](N)C2)cn1.